The van der Waals surface area contributed by atoms with Crippen LogP contribution in [0.3, 0.4) is 0 Å². The normalized spacial score (nSPS) is 11.5. The molecule has 0 spiro atoms. The smallest absolute Gasteiger partial charge is 0.407 e. The van der Waals surface area contributed by atoms with Crippen LogP contribution in [0.2, 0.25) is 0 Å². The van der Waals surface area contributed by atoms with Crippen molar-refractivity contribution >= 4 is 32.8 Å². The Morgan fingerprint density at radius 1 is 1.27 bits per heavy atom. The average molecular weight is 382 g/mol. The molecule has 9 nitrogen and oxygen atoms in total. The van der Waals surface area contributed by atoms with E-state index in [0.29, 0.717) is 10.9 Å². The summed E-state index contributed by atoms with van der Waals surface area (Å²) in [5.74, 6) is 0.702. The predicted molar refractivity (Wildman–Crippen MR) is 103 cm³/mol. The molecule has 9 N–H and O–H groups in total. The second-order valence-electron chi connectivity index (χ2n) is 5.79. The lowest BCUT2D eigenvalue weighted by atomic mass is 10.1. The summed E-state index contributed by atoms with van der Waals surface area (Å²) in [6.45, 7) is 2.76. The van der Waals surface area contributed by atoms with Gasteiger partial charge < -0.3 is 37.7 Å². The third-order valence-electron chi connectivity index (χ3n) is 4.01. The molecule has 0 saturated heterocycles. The van der Waals surface area contributed by atoms with Gasteiger partial charge in [0.15, 0.2) is 10.7 Å². The van der Waals surface area contributed by atoms with Gasteiger partial charge in [0.2, 0.25) is 0 Å². The first-order valence-electron chi connectivity index (χ1n) is 8.35. The maximum absolute atomic E-state index is 11.8. The molecule has 0 atom stereocenters. The molecule has 0 unspecified atom stereocenters. The summed E-state index contributed by atoms with van der Waals surface area (Å²) in [4.78, 5) is 16.2. The van der Waals surface area contributed by atoms with Crippen molar-refractivity contribution in [1.29, 1.82) is 0 Å². The SMILES string of the molecule is CCc1cc(OCCNC(=O)OC(CN)(CN)CN)cc2sc(N)nc12. The van der Waals surface area contributed by atoms with E-state index in [1.165, 1.54) is 11.3 Å². The van der Waals surface area contributed by atoms with E-state index in [4.69, 9.17) is 32.4 Å². The lowest BCUT2D eigenvalue weighted by molar-refractivity contribution is 0.0299. The summed E-state index contributed by atoms with van der Waals surface area (Å²) < 4.78 is 11.9. The molecule has 144 valence electrons. The average Bonchev–Trinajstić information content (AvgIpc) is 3.02. The first kappa shape index (κ1) is 20.2. The maximum atomic E-state index is 11.8. The summed E-state index contributed by atoms with van der Waals surface area (Å²) in [5.41, 5.74) is 23.5. The van der Waals surface area contributed by atoms with Gasteiger partial charge in [0.05, 0.1) is 16.8 Å². The van der Waals surface area contributed by atoms with E-state index >= 15 is 0 Å². The van der Waals surface area contributed by atoms with Crippen molar-refractivity contribution in [1.82, 2.24) is 10.3 Å². The number of carbonyl (C=O) groups is 1. The van der Waals surface area contributed by atoms with Gasteiger partial charge in [-0.3, -0.25) is 0 Å². The number of rotatable bonds is 9. The van der Waals surface area contributed by atoms with Gasteiger partial charge in [0.25, 0.3) is 0 Å². The molecule has 2 rings (SSSR count). The van der Waals surface area contributed by atoms with Crippen molar-refractivity contribution in [3.63, 3.8) is 0 Å². The summed E-state index contributed by atoms with van der Waals surface area (Å²) >= 11 is 1.42. The molecule has 1 aromatic heterocycles. The number of anilines is 1. The molecule has 0 aliphatic heterocycles. The van der Waals surface area contributed by atoms with E-state index in [2.05, 4.69) is 10.3 Å². The standard InChI is InChI=1S/C16H26N6O3S/c1-2-10-5-11(6-12-13(10)22-14(20)26-12)24-4-3-21-15(23)25-16(7-17,8-18)9-19/h5-6H,2-4,7-9,17-19H2,1H3,(H2,20,22)(H,21,23). The van der Waals surface area contributed by atoms with Crippen LogP contribution < -0.4 is 33.0 Å². The highest BCUT2D eigenvalue weighted by atomic mass is 32.1. The lowest BCUT2D eigenvalue weighted by Gasteiger charge is -2.29. The van der Waals surface area contributed by atoms with Crippen LogP contribution in [0.4, 0.5) is 9.93 Å². The molecular weight excluding hydrogens is 356 g/mol. The van der Waals surface area contributed by atoms with E-state index in [9.17, 15) is 4.79 Å². The predicted octanol–water partition coefficient (Wildman–Crippen LogP) is 0.161. The van der Waals surface area contributed by atoms with Crippen LogP contribution in [0.15, 0.2) is 12.1 Å². The fourth-order valence-electron chi connectivity index (χ4n) is 2.37. The van der Waals surface area contributed by atoms with E-state index in [1.807, 2.05) is 19.1 Å². The number of benzene rings is 1. The molecule has 0 saturated carbocycles. The molecule has 2 aromatic rings. The molecule has 0 aliphatic rings. The number of hydrogen-bond acceptors (Lipinski definition) is 9. The van der Waals surface area contributed by atoms with E-state index in [0.717, 1.165) is 22.2 Å². The topological polar surface area (TPSA) is 165 Å². The second-order valence-corrected chi connectivity index (χ2v) is 6.86. The highest BCUT2D eigenvalue weighted by molar-refractivity contribution is 7.22. The van der Waals surface area contributed by atoms with Gasteiger partial charge in [-0.15, -0.1) is 0 Å². The first-order chi connectivity index (χ1) is 12.5. The minimum absolute atomic E-state index is 0.0573. The van der Waals surface area contributed by atoms with Crippen LogP contribution in [-0.4, -0.2) is 49.5 Å². The number of amides is 1. The van der Waals surface area contributed by atoms with Crippen LogP contribution >= 0.6 is 11.3 Å². The number of alkyl carbamates (subject to hydrolysis) is 1. The van der Waals surface area contributed by atoms with Gasteiger partial charge in [-0.05, 0) is 24.1 Å². The van der Waals surface area contributed by atoms with E-state index < -0.39 is 11.7 Å². The van der Waals surface area contributed by atoms with Gasteiger partial charge in [0, 0.05) is 19.6 Å². The minimum atomic E-state index is -1.04. The van der Waals surface area contributed by atoms with Crippen molar-refractivity contribution in [2.45, 2.75) is 18.9 Å². The first-order valence-corrected chi connectivity index (χ1v) is 9.17. The van der Waals surface area contributed by atoms with Crippen molar-refractivity contribution in [3.8, 4) is 5.75 Å². The fraction of sp³-hybridized carbons (Fsp3) is 0.500. The number of aromatic nitrogens is 1. The third-order valence-corrected chi connectivity index (χ3v) is 4.84. The van der Waals surface area contributed by atoms with E-state index in [1.54, 1.807) is 0 Å². The number of hydrogen-bond donors (Lipinski definition) is 5. The number of carbonyl (C=O) groups excluding carboxylic acids is 1. The molecule has 0 fully saturated rings. The molecule has 1 heterocycles. The molecule has 1 amide bonds. The number of nitrogens with two attached hydrogens (primary N) is 4. The summed E-state index contributed by atoms with van der Waals surface area (Å²) in [5, 5.41) is 3.13. The zero-order valence-corrected chi connectivity index (χ0v) is 15.6. The lowest BCUT2D eigenvalue weighted by Crippen LogP contribution is -2.55. The number of fused-ring (bicyclic) bond motifs is 1. The van der Waals surface area contributed by atoms with Gasteiger partial charge in [-0.1, -0.05) is 18.3 Å². The number of nitrogens with one attached hydrogen (secondary N) is 1. The fourth-order valence-corrected chi connectivity index (χ4v) is 3.18. The van der Waals surface area contributed by atoms with Crippen molar-refractivity contribution in [2.24, 2.45) is 17.2 Å². The molecule has 10 heteroatoms. The Morgan fingerprint density at radius 3 is 2.58 bits per heavy atom. The highest BCUT2D eigenvalue weighted by Crippen LogP contribution is 2.31. The van der Waals surface area contributed by atoms with Gasteiger partial charge in [-0.25, -0.2) is 9.78 Å². The number of ether oxygens (including phenoxy) is 2. The Bertz CT molecular complexity index is 739. The van der Waals surface area contributed by atoms with E-state index in [-0.39, 0.29) is 32.8 Å². The molecule has 0 bridgehead atoms. The van der Waals surface area contributed by atoms with Gasteiger partial charge in [-0.2, -0.15) is 0 Å². The largest absolute Gasteiger partial charge is 0.492 e. The third kappa shape index (κ3) is 4.73. The van der Waals surface area contributed by atoms with Crippen LogP contribution in [0.5, 0.6) is 5.75 Å². The molecule has 1 aromatic carbocycles. The Kier molecular flexibility index (Phi) is 6.98. The maximum Gasteiger partial charge on any atom is 0.407 e. The Hall–Kier alpha value is -2.14. The number of nitrogen functional groups attached to an aromatic ring is 1. The van der Waals surface area contributed by atoms with Crippen LogP contribution in [-0.2, 0) is 11.2 Å². The Labute approximate surface area is 156 Å². The van der Waals surface area contributed by atoms with Crippen molar-refractivity contribution in [3.05, 3.63) is 17.7 Å². The molecule has 0 aliphatic carbocycles. The van der Waals surface area contributed by atoms with Crippen LogP contribution in [0.1, 0.15) is 12.5 Å². The highest BCUT2D eigenvalue weighted by Gasteiger charge is 2.29. The second kappa shape index (κ2) is 8.99. The monoisotopic (exact) mass is 382 g/mol. The van der Waals surface area contributed by atoms with Crippen molar-refractivity contribution in [2.75, 3.05) is 38.5 Å². The Balaban J connectivity index is 1.88. The summed E-state index contributed by atoms with van der Waals surface area (Å²) in [6, 6.07) is 3.82. The van der Waals surface area contributed by atoms with Crippen LogP contribution in [0.25, 0.3) is 10.2 Å². The quantitative estimate of drug-likeness (QED) is 0.383. The van der Waals surface area contributed by atoms with Crippen LogP contribution in [0, 0.1) is 0 Å². The minimum Gasteiger partial charge on any atom is -0.492 e. The molecular formula is C16H26N6O3S. The zero-order chi connectivity index (χ0) is 19.2. The summed E-state index contributed by atoms with van der Waals surface area (Å²) in [7, 11) is 0. The zero-order valence-electron chi connectivity index (χ0n) is 14.8. The number of aryl methyl sites for hydroxylation is 1. The number of nitrogens with zero attached hydrogens (tertiary/aromatic N) is 1. The van der Waals surface area contributed by atoms with Gasteiger partial charge in [0.1, 0.15) is 12.4 Å². The molecule has 26 heavy (non-hydrogen) atoms. The Morgan fingerprint density at radius 2 is 1.96 bits per heavy atom. The number of thiazole rings is 1. The van der Waals surface area contributed by atoms with Gasteiger partial charge >= 0.3 is 6.09 Å². The molecule has 0 radical (unpaired) electrons. The summed E-state index contributed by atoms with van der Waals surface area (Å²) in [6.07, 6.45) is 0.190. The van der Waals surface area contributed by atoms with Crippen molar-refractivity contribution < 1.29 is 14.3 Å².